The van der Waals surface area contributed by atoms with Crippen LogP contribution in [0.3, 0.4) is 0 Å². The Balaban J connectivity index is 1.65. The topological polar surface area (TPSA) is 116 Å². The molecule has 0 unspecified atom stereocenters. The van der Waals surface area contributed by atoms with Gasteiger partial charge in [0.2, 0.25) is 11.0 Å². The largest absolute Gasteiger partial charge is 0.478 e. The first kappa shape index (κ1) is 28.7. The lowest BCUT2D eigenvalue weighted by atomic mass is 9.82. The summed E-state index contributed by atoms with van der Waals surface area (Å²) in [6.45, 7) is 2.82. The molecule has 1 saturated carbocycles. The first-order valence-electron chi connectivity index (χ1n) is 12.8. The highest BCUT2D eigenvalue weighted by Crippen LogP contribution is 2.37. The Hall–Kier alpha value is -3.35. The Morgan fingerprint density at radius 3 is 2.51 bits per heavy atom. The highest BCUT2D eigenvalue weighted by Gasteiger charge is 2.35. The van der Waals surface area contributed by atoms with Crippen LogP contribution in [0.5, 0.6) is 10.8 Å². The molecular formula is C27H33FN4O6S. The molecule has 10 nitrogen and oxygen atoms in total. The van der Waals surface area contributed by atoms with Crippen molar-refractivity contribution in [3.05, 3.63) is 52.9 Å². The second kappa shape index (κ2) is 13.1. The Bertz CT molecular complexity index is 1250. The van der Waals surface area contributed by atoms with E-state index in [1.165, 1.54) is 49.6 Å². The summed E-state index contributed by atoms with van der Waals surface area (Å²) >= 11 is 1.09. The van der Waals surface area contributed by atoms with Gasteiger partial charge in [-0.1, -0.05) is 23.5 Å². The molecule has 4 rings (SSSR count). The smallest absolute Gasteiger partial charge is 0.337 e. The van der Waals surface area contributed by atoms with E-state index in [2.05, 4.69) is 17.2 Å². The van der Waals surface area contributed by atoms with Gasteiger partial charge in [-0.3, -0.25) is 4.79 Å². The molecule has 1 fully saturated rings. The summed E-state index contributed by atoms with van der Waals surface area (Å²) in [4.78, 5) is 28.4. The normalized spacial score (nSPS) is 17.4. The maximum Gasteiger partial charge on any atom is 0.337 e. The van der Waals surface area contributed by atoms with Crippen molar-refractivity contribution >= 4 is 28.9 Å². The molecule has 2 aromatic heterocycles. The van der Waals surface area contributed by atoms with Crippen LogP contribution in [-0.4, -0.2) is 65.5 Å². The van der Waals surface area contributed by atoms with Crippen LogP contribution in [0.25, 0.3) is 0 Å². The zero-order chi connectivity index (χ0) is 27.9. The first-order valence-corrected chi connectivity index (χ1v) is 13.6. The summed E-state index contributed by atoms with van der Waals surface area (Å²) in [5, 5.41) is 17.7. The lowest BCUT2D eigenvalue weighted by molar-refractivity contribution is -0.124. The predicted octanol–water partition coefficient (Wildman–Crippen LogP) is 4.84. The average molecular weight is 561 g/mol. The van der Waals surface area contributed by atoms with Crippen LogP contribution in [0.15, 0.2) is 36.7 Å². The number of anilines is 1. The van der Waals surface area contributed by atoms with E-state index in [9.17, 15) is 19.1 Å². The Labute approximate surface area is 230 Å². The monoisotopic (exact) mass is 560 g/mol. The molecule has 39 heavy (non-hydrogen) atoms. The van der Waals surface area contributed by atoms with Crippen LogP contribution in [0.1, 0.15) is 47.8 Å². The third-order valence-electron chi connectivity index (χ3n) is 6.85. The Kier molecular flexibility index (Phi) is 9.65. The van der Waals surface area contributed by atoms with Crippen LogP contribution >= 0.6 is 11.3 Å². The number of carboxylic acid groups (broad SMARTS) is 1. The van der Waals surface area contributed by atoms with Crippen molar-refractivity contribution in [2.75, 3.05) is 32.3 Å². The van der Waals surface area contributed by atoms with Gasteiger partial charge in [0.05, 0.1) is 43.2 Å². The van der Waals surface area contributed by atoms with Gasteiger partial charge in [0.15, 0.2) is 5.82 Å². The summed E-state index contributed by atoms with van der Waals surface area (Å²) in [6.07, 6.45) is 6.55. The van der Waals surface area contributed by atoms with E-state index in [1.54, 1.807) is 10.9 Å². The zero-order valence-corrected chi connectivity index (χ0v) is 23.0. The number of thiophene rings is 1. The van der Waals surface area contributed by atoms with Crippen LogP contribution in [0.4, 0.5) is 10.1 Å². The number of methoxy groups -OCH3 is 2. The van der Waals surface area contributed by atoms with Gasteiger partial charge in [-0.15, -0.1) is 5.10 Å². The number of nitrogens with zero attached hydrogens (tertiary/aromatic N) is 4. The molecule has 0 saturated heterocycles. The molecule has 1 aromatic carbocycles. The van der Waals surface area contributed by atoms with E-state index in [0.29, 0.717) is 17.3 Å². The molecule has 0 bridgehead atoms. The fourth-order valence-corrected chi connectivity index (χ4v) is 5.76. The van der Waals surface area contributed by atoms with Crippen molar-refractivity contribution < 1.29 is 33.3 Å². The highest BCUT2D eigenvalue weighted by molar-refractivity contribution is 7.13. The molecule has 1 amide bonds. The van der Waals surface area contributed by atoms with E-state index >= 15 is 0 Å². The van der Waals surface area contributed by atoms with Crippen molar-refractivity contribution in [3.8, 4) is 10.8 Å². The average Bonchev–Trinajstić information content (AvgIpc) is 3.54. The minimum Gasteiger partial charge on any atom is -0.478 e. The molecule has 1 aliphatic rings. The number of halogens is 1. The number of carboxylic acids is 1. The second-order valence-corrected chi connectivity index (χ2v) is 10.9. The predicted molar refractivity (Wildman–Crippen MR) is 143 cm³/mol. The van der Waals surface area contributed by atoms with Crippen molar-refractivity contribution in [1.29, 1.82) is 0 Å². The van der Waals surface area contributed by atoms with Gasteiger partial charge in [0, 0.05) is 31.2 Å². The van der Waals surface area contributed by atoms with Crippen molar-refractivity contribution in [3.63, 3.8) is 0 Å². The molecule has 12 heteroatoms. The molecule has 0 radical (unpaired) electrons. The Morgan fingerprint density at radius 1 is 1.18 bits per heavy atom. The van der Waals surface area contributed by atoms with Crippen molar-refractivity contribution in [1.82, 2.24) is 15.0 Å². The number of carbonyl (C=O) groups is 2. The maximum absolute atomic E-state index is 14.6. The standard InChI is InChI=1S/C27H33FN4O6S/c1-17-4-6-18(7-5-17)25(33)32(19(15-36-2)16-37-3)24-9-8-20(12-22(24)26(34)35)38-27-23(28)13-21(39-27)14-31-11-10-29-30-31/h8-13,17-19H,4-7,14-16H2,1-3H3,(H,34,35). The molecule has 0 aliphatic heterocycles. The number of rotatable bonds is 12. The fraction of sp³-hybridized carbons (Fsp3) is 0.481. The van der Waals surface area contributed by atoms with Gasteiger partial charge in [-0.25, -0.2) is 13.9 Å². The number of hydrogen-bond donors (Lipinski definition) is 1. The molecule has 1 N–H and O–H groups in total. The number of amides is 1. The lowest BCUT2D eigenvalue weighted by Crippen LogP contribution is -2.49. The lowest BCUT2D eigenvalue weighted by Gasteiger charge is -2.36. The number of carbonyl (C=O) groups excluding carboxylic acids is 1. The molecule has 3 aromatic rings. The highest BCUT2D eigenvalue weighted by atomic mass is 32.1. The zero-order valence-electron chi connectivity index (χ0n) is 22.2. The van der Waals surface area contributed by atoms with E-state index in [4.69, 9.17) is 14.2 Å². The summed E-state index contributed by atoms with van der Waals surface area (Å²) < 4.78 is 32.7. The number of aromatic nitrogens is 3. The second-order valence-electron chi connectivity index (χ2n) is 9.76. The molecule has 2 heterocycles. The maximum atomic E-state index is 14.6. The molecule has 0 atom stereocenters. The van der Waals surface area contributed by atoms with Crippen LogP contribution in [-0.2, 0) is 20.8 Å². The molecule has 1 aliphatic carbocycles. The number of aromatic carboxylic acids is 1. The van der Waals surface area contributed by atoms with Gasteiger partial charge < -0.3 is 24.2 Å². The molecule has 210 valence electrons. The van der Waals surface area contributed by atoms with Gasteiger partial charge in [-0.2, -0.15) is 0 Å². The van der Waals surface area contributed by atoms with Crippen LogP contribution in [0, 0.1) is 17.7 Å². The van der Waals surface area contributed by atoms with E-state index in [0.717, 1.165) is 37.0 Å². The van der Waals surface area contributed by atoms with E-state index in [1.807, 2.05) is 0 Å². The quantitative estimate of drug-likeness (QED) is 0.335. The minimum atomic E-state index is -1.24. The minimum absolute atomic E-state index is 0.00453. The van der Waals surface area contributed by atoms with Crippen LogP contribution in [0.2, 0.25) is 0 Å². The number of ether oxygens (including phenoxy) is 3. The Morgan fingerprint density at radius 2 is 1.90 bits per heavy atom. The molecular weight excluding hydrogens is 527 g/mol. The first-order chi connectivity index (χ1) is 18.8. The third-order valence-corrected chi connectivity index (χ3v) is 7.82. The SMILES string of the molecule is COCC(COC)N(C(=O)C1CCC(C)CC1)c1ccc(Oc2sc(Cn3ccnn3)cc2F)cc1C(=O)O. The van der Waals surface area contributed by atoms with Crippen molar-refractivity contribution in [2.24, 2.45) is 11.8 Å². The summed E-state index contributed by atoms with van der Waals surface area (Å²) in [6, 6.07) is 5.19. The van der Waals surface area contributed by atoms with E-state index in [-0.39, 0.29) is 47.1 Å². The summed E-state index contributed by atoms with van der Waals surface area (Å²) in [5.74, 6) is -1.50. The van der Waals surface area contributed by atoms with E-state index < -0.39 is 17.8 Å². The summed E-state index contributed by atoms with van der Waals surface area (Å²) in [5.41, 5.74) is 0.0816. The third kappa shape index (κ3) is 7.00. The number of hydrogen-bond acceptors (Lipinski definition) is 8. The van der Waals surface area contributed by atoms with Gasteiger partial charge >= 0.3 is 5.97 Å². The van der Waals surface area contributed by atoms with Crippen molar-refractivity contribution in [2.45, 2.75) is 45.2 Å². The summed E-state index contributed by atoms with van der Waals surface area (Å²) in [7, 11) is 3.05. The van der Waals surface area contributed by atoms with Crippen LogP contribution < -0.4 is 9.64 Å². The van der Waals surface area contributed by atoms with Gasteiger partial charge in [0.1, 0.15) is 5.75 Å². The van der Waals surface area contributed by atoms with Gasteiger partial charge in [0.25, 0.3) is 0 Å². The number of benzene rings is 1. The fourth-order valence-electron chi connectivity index (χ4n) is 4.87. The van der Waals surface area contributed by atoms with Gasteiger partial charge in [-0.05, 0) is 55.9 Å². The molecule has 0 spiro atoms.